The third-order valence-corrected chi connectivity index (χ3v) is 3.69. The highest BCUT2D eigenvalue weighted by Crippen LogP contribution is 2.18. The third kappa shape index (κ3) is 4.00. The third-order valence-electron chi connectivity index (χ3n) is 3.69. The second-order valence-corrected chi connectivity index (χ2v) is 5.29. The molecule has 1 fully saturated rings. The number of amides is 1. The minimum atomic E-state index is -0.629. The lowest BCUT2D eigenvalue weighted by molar-refractivity contribution is -0.121. The predicted octanol–water partition coefficient (Wildman–Crippen LogP) is 2.67. The van der Waals surface area contributed by atoms with Gasteiger partial charge in [-0.15, -0.1) is 0 Å². The van der Waals surface area contributed by atoms with Gasteiger partial charge in [-0.3, -0.25) is 4.79 Å². The summed E-state index contributed by atoms with van der Waals surface area (Å²) in [5, 5.41) is 6.08. The van der Waals surface area contributed by atoms with Crippen LogP contribution in [0.3, 0.4) is 0 Å². The summed E-state index contributed by atoms with van der Waals surface area (Å²) in [5.41, 5.74) is 0.304. The van der Waals surface area contributed by atoms with Crippen molar-refractivity contribution in [3.8, 4) is 0 Å². The number of carbonyl (C=O) groups is 1. The minimum Gasteiger partial charge on any atom is -0.349 e. The summed E-state index contributed by atoms with van der Waals surface area (Å²) in [7, 11) is 0. The molecule has 1 heterocycles. The molecule has 1 saturated heterocycles. The molecule has 0 spiro atoms. The number of hydrogen-bond acceptors (Lipinski definition) is 2. The molecule has 2 unspecified atom stereocenters. The van der Waals surface area contributed by atoms with E-state index in [1.165, 1.54) is 12.1 Å². The monoisotopic (exact) mass is 282 g/mol. The molecule has 110 valence electrons. The number of halogens is 2. The Kier molecular flexibility index (Phi) is 5.06. The molecule has 0 radical (unpaired) electrons. The number of nitrogens with one attached hydrogen (secondary N) is 2. The quantitative estimate of drug-likeness (QED) is 0.871. The van der Waals surface area contributed by atoms with Crippen molar-refractivity contribution in [2.75, 3.05) is 6.54 Å². The Balaban J connectivity index is 1.83. The summed E-state index contributed by atoms with van der Waals surface area (Å²) in [6, 6.07) is 3.36. The Morgan fingerprint density at radius 2 is 2.30 bits per heavy atom. The Morgan fingerprint density at radius 3 is 2.95 bits per heavy atom. The van der Waals surface area contributed by atoms with Gasteiger partial charge in [0.15, 0.2) is 0 Å². The van der Waals surface area contributed by atoms with Gasteiger partial charge in [0.1, 0.15) is 11.6 Å². The topological polar surface area (TPSA) is 41.1 Å². The average Bonchev–Trinajstić information content (AvgIpc) is 2.89. The van der Waals surface area contributed by atoms with Gasteiger partial charge in [-0.25, -0.2) is 8.78 Å². The van der Waals surface area contributed by atoms with E-state index in [9.17, 15) is 13.6 Å². The predicted molar refractivity (Wildman–Crippen MR) is 73.2 cm³/mol. The highest BCUT2D eigenvalue weighted by Gasteiger charge is 2.17. The van der Waals surface area contributed by atoms with Crippen LogP contribution in [0.15, 0.2) is 18.2 Å². The maximum absolute atomic E-state index is 13.6. The van der Waals surface area contributed by atoms with Crippen molar-refractivity contribution in [2.45, 2.75) is 44.7 Å². The van der Waals surface area contributed by atoms with Crippen molar-refractivity contribution in [2.24, 2.45) is 0 Å². The largest absolute Gasteiger partial charge is 0.349 e. The Morgan fingerprint density at radius 1 is 1.50 bits per heavy atom. The van der Waals surface area contributed by atoms with Gasteiger partial charge in [0.05, 0.1) is 6.04 Å². The molecule has 1 aliphatic heterocycles. The first-order valence-corrected chi connectivity index (χ1v) is 7.04. The molecule has 0 aromatic heterocycles. The molecular weight excluding hydrogens is 262 g/mol. The summed E-state index contributed by atoms with van der Waals surface area (Å²) >= 11 is 0. The normalized spacial score (nSPS) is 19.9. The van der Waals surface area contributed by atoms with Gasteiger partial charge in [0.25, 0.3) is 0 Å². The first kappa shape index (κ1) is 14.9. The van der Waals surface area contributed by atoms with E-state index in [-0.39, 0.29) is 5.91 Å². The highest BCUT2D eigenvalue weighted by molar-refractivity contribution is 5.76. The summed E-state index contributed by atoms with van der Waals surface area (Å²) in [5.74, 6) is -1.35. The first-order chi connectivity index (χ1) is 9.56. The molecule has 1 aromatic carbocycles. The molecule has 5 heteroatoms. The lowest BCUT2D eigenvalue weighted by Crippen LogP contribution is -2.29. The number of hydrogen-bond donors (Lipinski definition) is 2. The van der Waals surface area contributed by atoms with E-state index in [1.807, 2.05) is 0 Å². The number of carbonyl (C=O) groups excluding carboxylic acids is 1. The van der Waals surface area contributed by atoms with Crippen LogP contribution < -0.4 is 10.6 Å². The molecular formula is C15H20F2N2O. The first-order valence-electron chi connectivity index (χ1n) is 7.04. The molecule has 1 aliphatic rings. The SMILES string of the molecule is CC(NC(=O)CCC1CCCN1)c1ccc(F)cc1F. The van der Waals surface area contributed by atoms with Crippen LogP contribution in [0.25, 0.3) is 0 Å². The van der Waals surface area contributed by atoms with Gasteiger partial charge < -0.3 is 10.6 Å². The van der Waals surface area contributed by atoms with E-state index < -0.39 is 17.7 Å². The molecule has 1 amide bonds. The molecule has 2 N–H and O–H groups in total. The highest BCUT2D eigenvalue weighted by atomic mass is 19.1. The fourth-order valence-corrected chi connectivity index (χ4v) is 2.55. The summed E-state index contributed by atoms with van der Waals surface area (Å²) in [6.45, 7) is 2.71. The van der Waals surface area contributed by atoms with Crippen LogP contribution in [0.2, 0.25) is 0 Å². The Hall–Kier alpha value is -1.49. The van der Waals surface area contributed by atoms with Crippen LogP contribution in [0.4, 0.5) is 8.78 Å². The van der Waals surface area contributed by atoms with E-state index in [0.717, 1.165) is 31.9 Å². The smallest absolute Gasteiger partial charge is 0.220 e. The fraction of sp³-hybridized carbons (Fsp3) is 0.533. The molecule has 2 rings (SSSR count). The van der Waals surface area contributed by atoms with E-state index in [4.69, 9.17) is 0 Å². The molecule has 20 heavy (non-hydrogen) atoms. The maximum Gasteiger partial charge on any atom is 0.220 e. The number of rotatable bonds is 5. The maximum atomic E-state index is 13.6. The molecule has 0 saturated carbocycles. The van der Waals surface area contributed by atoms with Crippen LogP contribution in [0.1, 0.15) is 44.2 Å². The molecule has 2 atom stereocenters. The fourth-order valence-electron chi connectivity index (χ4n) is 2.55. The Labute approximate surface area is 117 Å². The zero-order valence-electron chi connectivity index (χ0n) is 11.6. The van der Waals surface area contributed by atoms with Gasteiger partial charge in [0.2, 0.25) is 5.91 Å². The lowest BCUT2D eigenvalue weighted by Gasteiger charge is -2.16. The van der Waals surface area contributed by atoms with Crippen LogP contribution >= 0.6 is 0 Å². The lowest BCUT2D eigenvalue weighted by atomic mass is 10.1. The van der Waals surface area contributed by atoms with Crippen LogP contribution in [-0.2, 0) is 4.79 Å². The van der Waals surface area contributed by atoms with Crippen molar-refractivity contribution in [1.82, 2.24) is 10.6 Å². The van der Waals surface area contributed by atoms with Crippen molar-refractivity contribution in [3.05, 3.63) is 35.4 Å². The van der Waals surface area contributed by atoms with Crippen LogP contribution in [0.5, 0.6) is 0 Å². The van der Waals surface area contributed by atoms with Crippen LogP contribution in [0, 0.1) is 11.6 Å². The van der Waals surface area contributed by atoms with E-state index in [1.54, 1.807) is 6.92 Å². The van der Waals surface area contributed by atoms with Gasteiger partial charge in [-0.05, 0) is 38.8 Å². The molecule has 0 bridgehead atoms. The molecule has 1 aromatic rings. The summed E-state index contributed by atoms with van der Waals surface area (Å²) in [4.78, 5) is 11.8. The zero-order valence-corrected chi connectivity index (χ0v) is 11.6. The van der Waals surface area contributed by atoms with Gasteiger partial charge in [0, 0.05) is 24.1 Å². The van der Waals surface area contributed by atoms with E-state index >= 15 is 0 Å². The van der Waals surface area contributed by atoms with Crippen molar-refractivity contribution in [1.29, 1.82) is 0 Å². The van der Waals surface area contributed by atoms with Crippen molar-refractivity contribution >= 4 is 5.91 Å². The summed E-state index contributed by atoms with van der Waals surface area (Å²) in [6.07, 6.45) is 3.48. The molecule has 3 nitrogen and oxygen atoms in total. The average molecular weight is 282 g/mol. The zero-order chi connectivity index (χ0) is 14.5. The number of benzene rings is 1. The van der Waals surface area contributed by atoms with Crippen molar-refractivity contribution in [3.63, 3.8) is 0 Å². The van der Waals surface area contributed by atoms with E-state index in [0.29, 0.717) is 18.0 Å². The standard InChI is InChI=1S/C15H20F2N2O/c1-10(13-6-4-11(16)9-14(13)17)19-15(20)7-5-12-3-2-8-18-12/h4,6,9-10,12,18H,2-3,5,7-8H2,1H3,(H,19,20). The minimum absolute atomic E-state index is 0.102. The van der Waals surface area contributed by atoms with Gasteiger partial charge >= 0.3 is 0 Å². The van der Waals surface area contributed by atoms with Gasteiger partial charge in [-0.1, -0.05) is 6.07 Å². The second-order valence-electron chi connectivity index (χ2n) is 5.29. The summed E-state index contributed by atoms with van der Waals surface area (Å²) < 4.78 is 26.4. The second kappa shape index (κ2) is 6.79. The van der Waals surface area contributed by atoms with E-state index in [2.05, 4.69) is 10.6 Å². The Bertz CT molecular complexity index is 473. The van der Waals surface area contributed by atoms with Gasteiger partial charge in [-0.2, -0.15) is 0 Å². The van der Waals surface area contributed by atoms with Crippen LogP contribution in [-0.4, -0.2) is 18.5 Å². The molecule has 0 aliphatic carbocycles. The van der Waals surface area contributed by atoms with Crippen molar-refractivity contribution < 1.29 is 13.6 Å².